The van der Waals surface area contributed by atoms with Crippen LogP contribution in [0.15, 0.2) is 24.4 Å². The molecule has 2 nitrogen and oxygen atoms in total. The molecule has 0 amide bonds. The predicted octanol–water partition coefficient (Wildman–Crippen LogP) is 3.39. The lowest BCUT2D eigenvalue weighted by Gasteiger charge is -2.02. The number of rotatable bonds is 1. The fraction of sp³-hybridized carbons (Fsp3) is 0.308. The Labute approximate surface area is 99.0 Å². The number of fused-ring (bicyclic) bond motifs is 1. The van der Waals surface area contributed by atoms with Crippen molar-refractivity contribution in [1.82, 2.24) is 4.57 Å². The Balaban J connectivity index is 2.32. The first-order chi connectivity index (χ1) is 7.66. The van der Waals surface area contributed by atoms with Gasteiger partial charge in [-0.3, -0.25) is 0 Å². The van der Waals surface area contributed by atoms with Crippen LogP contribution in [0, 0.1) is 11.3 Å². The van der Waals surface area contributed by atoms with Gasteiger partial charge in [0.2, 0.25) is 0 Å². The minimum Gasteiger partial charge on any atom is -0.350 e. The van der Waals surface area contributed by atoms with Crippen molar-refractivity contribution in [1.29, 1.82) is 5.26 Å². The van der Waals surface area contributed by atoms with Crippen LogP contribution >= 0.6 is 11.6 Å². The lowest BCUT2D eigenvalue weighted by molar-refractivity contribution is 0.888. The van der Waals surface area contributed by atoms with Crippen molar-refractivity contribution < 1.29 is 0 Å². The highest BCUT2D eigenvalue weighted by molar-refractivity contribution is 6.31. The van der Waals surface area contributed by atoms with Gasteiger partial charge in [-0.15, -0.1) is 0 Å². The summed E-state index contributed by atoms with van der Waals surface area (Å²) >= 11 is 5.99. The average Bonchev–Trinajstić information content (AvgIpc) is 3.01. The van der Waals surface area contributed by atoms with Crippen LogP contribution in [0.5, 0.6) is 0 Å². The van der Waals surface area contributed by atoms with Crippen LogP contribution in [0.4, 0.5) is 0 Å². The van der Waals surface area contributed by atoms with Crippen molar-refractivity contribution in [3.8, 4) is 6.07 Å². The number of hydrogen-bond acceptors (Lipinski definition) is 1. The third-order valence-electron chi connectivity index (χ3n) is 3.43. The van der Waals surface area contributed by atoms with E-state index in [4.69, 9.17) is 11.6 Å². The number of hydrogen-bond donors (Lipinski definition) is 0. The first-order valence-corrected chi connectivity index (χ1v) is 5.70. The Hall–Kier alpha value is -1.46. The van der Waals surface area contributed by atoms with Crippen LogP contribution in [0.3, 0.4) is 0 Å². The zero-order chi connectivity index (χ0) is 11.3. The van der Waals surface area contributed by atoms with Gasteiger partial charge in [0.15, 0.2) is 0 Å². The molecular weight excluding hydrogens is 220 g/mol. The Kier molecular flexibility index (Phi) is 1.84. The largest absolute Gasteiger partial charge is 0.350 e. The van der Waals surface area contributed by atoms with Crippen molar-refractivity contribution in [2.24, 2.45) is 7.05 Å². The van der Waals surface area contributed by atoms with Crippen LogP contribution in [-0.4, -0.2) is 4.57 Å². The Morgan fingerprint density at radius 1 is 1.44 bits per heavy atom. The van der Waals surface area contributed by atoms with E-state index in [0.717, 1.165) is 34.3 Å². The van der Waals surface area contributed by atoms with Gasteiger partial charge in [0.05, 0.1) is 11.5 Å². The Bertz CT molecular complexity index is 615. The van der Waals surface area contributed by atoms with E-state index in [9.17, 15) is 5.26 Å². The van der Waals surface area contributed by atoms with Crippen LogP contribution < -0.4 is 0 Å². The summed E-state index contributed by atoms with van der Waals surface area (Å²) < 4.78 is 2.05. The fourth-order valence-corrected chi connectivity index (χ4v) is 2.47. The van der Waals surface area contributed by atoms with Gasteiger partial charge in [0.1, 0.15) is 0 Å². The molecule has 1 aliphatic rings. The molecule has 0 unspecified atom stereocenters. The molecule has 0 aliphatic heterocycles. The molecule has 80 valence electrons. The molecule has 1 fully saturated rings. The first kappa shape index (κ1) is 9.74. The molecule has 0 atom stereocenters. The Morgan fingerprint density at radius 3 is 2.81 bits per heavy atom. The maximum atomic E-state index is 9.25. The molecule has 2 aromatic rings. The highest BCUT2D eigenvalue weighted by atomic mass is 35.5. The number of aryl methyl sites for hydroxylation is 1. The lowest BCUT2D eigenvalue weighted by atomic mass is 9.97. The number of halogens is 1. The van der Waals surface area contributed by atoms with Gasteiger partial charge in [-0.25, -0.2) is 0 Å². The molecule has 1 aliphatic carbocycles. The third kappa shape index (κ3) is 1.19. The van der Waals surface area contributed by atoms with Crippen LogP contribution in [0.2, 0.25) is 5.02 Å². The number of nitriles is 1. The van der Waals surface area contributed by atoms with Crippen molar-refractivity contribution in [3.05, 3.63) is 35.0 Å². The second kappa shape index (κ2) is 3.02. The maximum absolute atomic E-state index is 9.25. The van der Waals surface area contributed by atoms with Crippen LogP contribution in [0.25, 0.3) is 10.9 Å². The number of benzene rings is 1. The van der Waals surface area contributed by atoms with E-state index in [2.05, 4.69) is 12.3 Å². The van der Waals surface area contributed by atoms with E-state index in [-0.39, 0.29) is 5.41 Å². The van der Waals surface area contributed by atoms with E-state index in [1.54, 1.807) is 0 Å². The molecule has 0 spiro atoms. The number of aromatic nitrogens is 1. The zero-order valence-electron chi connectivity index (χ0n) is 9.00. The Morgan fingerprint density at radius 2 is 2.19 bits per heavy atom. The summed E-state index contributed by atoms with van der Waals surface area (Å²) in [6.45, 7) is 0. The summed E-state index contributed by atoms with van der Waals surface area (Å²) in [5.41, 5.74) is 2.03. The first-order valence-electron chi connectivity index (χ1n) is 5.33. The van der Waals surface area contributed by atoms with E-state index < -0.39 is 0 Å². The van der Waals surface area contributed by atoms with Crippen LogP contribution in [0.1, 0.15) is 18.4 Å². The molecule has 3 rings (SSSR count). The summed E-state index contributed by atoms with van der Waals surface area (Å²) in [6, 6.07) is 8.30. The van der Waals surface area contributed by atoms with E-state index in [0.29, 0.717) is 0 Å². The third-order valence-corrected chi connectivity index (χ3v) is 3.67. The molecule has 0 radical (unpaired) electrons. The number of nitrogens with zero attached hydrogens (tertiary/aromatic N) is 2. The minimum atomic E-state index is -0.229. The monoisotopic (exact) mass is 230 g/mol. The summed E-state index contributed by atoms with van der Waals surface area (Å²) in [7, 11) is 2.00. The topological polar surface area (TPSA) is 28.7 Å². The highest BCUT2D eigenvalue weighted by Crippen LogP contribution is 2.50. The molecule has 1 saturated carbocycles. The van der Waals surface area contributed by atoms with E-state index >= 15 is 0 Å². The standard InChI is InChI=1S/C13H11ClN2/c1-16-7-11(13(8-15)4-5-13)10-3-2-9(14)6-12(10)16/h2-3,6-7H,4-5H2,1H3. The smallest absolute Gasteiger partial charge is 0.0844 e. The summed E-state index contributed by atoms with van der Waals surface area (Å²) in [6.07, 6.45) is 4.02. The lowest BCUT2D eigenvalue weighted by Crippen LogP contribution is -2.00. The van der Waals surface area contributed by atoms with Gasteiger partial charge in [-0.2, -0.15) is 5.26 Å². The fourth-order valence-electron chi connectivity index (χ4n) is 2.30. The molecule has 0 bridgehead atoms. The average molecular weight is 231 g/mol. The molecule has 0 N–H and O–H groups in total. The normalized spacial score (nSPS) is 17.3. The van der Waals surface area contributed by atoms with Gasteiger partial charge < -0.3 is 4.57 Å². The van der Waals surface area contributed by atoms with Gasteiger partial charge in [0, 0.05) is 29.2 Å². The van der Waals surface area contributed by atoms with Crippen molar-refractivity contribution in [2.45, 2.75) is 18.3 Å². The zero-order valence-corrected chi connectivity index (χ0v) is 9.75. The van der Waals surface area contributed by atoms with Crippen molar-refractivity contribution in [3.63, 3.8) is 0 Å². The maximum Gasteiger partial charge on any atom is 0.0844 e. The molecule has 1 heterocycles. The molecular formula is C13H11ClN2. The van der Waals surface area contributed by atoms with Crippen LogP contribution in [-0.2, 0) is 12.5 Å². The molecule has 1 aromatic carbocycles. The van der Waals surface area contributed by atoms with Crippen molar-refractivity contribution >= 4 is 22.5 Å². The SMILES string of the molecule is Cn1cc(C2(C#N)CC2)c2ccc(Cl)cc21. The van der Waals surface area contributed by atoms with Crippen molar-refractivity contribution in [2.75, 3.05) is 0 Å². The van der Waals surface area contributed by atoms with E-state index in [1.165, 1.54) is 0 Å². The summed E-state index contributed by atoms with van der Waals surface area (Å²) in [4.78, 5) is 0. The molecule has 16 heavy (non-hydrogen) atoms. The molecule has 1 aromatic heterocycles. The molecule has 0 saturated heterocycles. The molecule has 3 heteroatoms. The second-order valence-electron chi connectivity index (χ2n) is 4.51. The van der Waals surface area contributed by atoms with Gasteiger partial charge in [-0.05, 0) is 30.5 Å². The summed E-state index contributed by atoms with van der Waals surface area (Å²) in [5.74, 6) is 0. The van der Waals surface area contributed by atoms with Gasteiger partial charge in [0.25, 0.3) is 0 Å². The summed E-state index contributed by atoms with van der Waals surface area (Å²) in [5, 5.41) is 11.1. The highest BCUT2D eigenvalue weighted by Gasteiger charge is 2.46. The quantitative estimate of drug-likeness (QED) is 0.738. The van der Waals surface area contributed by atoms with Gasteiger partial charge >= 0.3 is 0 Å². The van der Waals surface area contributed by atoms with E-state index in [1.807, 2.05) is 29.8 Å². The van der Waals surface area contributed by atoms with Gasteiger partial charge in [-0.1, -0.05) is 17.7 Å². The predicted molar refractivity (Wildman–Crippen MR) is 64.5 cm³/mol. The second-order valence-corrected chi connectivity index (χ2v) is 4.95. The minimum absolute atomic E-state index is 0.229.